The summed E-state index contributed by atoms with van der Waals surface area (Å²) in [7, 11) is 0. The third-order valence-electron chi connectivity index (χ3n) is 3.99. The summed E-state index contributed by atoms with van der Waals surface area (Å²) >= 11 is 6.12. The van der Waals surface area contributed by atoms with Crippen LogP contribution in [0.5, 0.6) is 5.75 Å². The van der Waals surface area contributed by atoms with Gasteiger partial charge in [0.25, 0.3) is 0 Å². The van der Waals surface area contributed by atoms with Crippen molar-refractivity contribution in [1.29, 1.82) is 0 Å². The van der Waals surface area contributed by atoms with Crippen LogP contribution in [0.15, 0.2) is 53.1 Å². The third kappa shape index (κ3) is 4.28. The lowest BCUT2D eigenvalue weighted by molar-refractivity contribution is -0.133. The number of halogens is 1. The first-order valence-electron chi connectivity index (χ1n) is 7.97. The Morgan fingerprint density at radius 1 is 1.16 bits per heavy atom. The fraction of sp³-hybridized carbons (Fsp3) is 0.200. The summed E-state index contributed by atoms with van der Waals surface area (Å²) in [6.45, 7) is 3.59. The zero-order valence-corrected chi connectivity index (χ0v) is 14.8. The molecule has 0 fully saturated rings. The number of carbonyl (C=O) groups excluding carboxylic acids is 1. The number of hydrogen-bond donors (Lipinski definition) is 0. The van der Waals surface area contributed by atoms with Crippen molar-refractivity contribution in [1.82, 2.24) is 5.16 Å². The molecule has 1 heterocycles. The second-order valence-corrected chi connectivity index (χ2v) is 6.30. The molecule has 0 N–H and O–H groups in total. The van der Waals surface area contributed by atoms with Gasteiger partial charge >= 0.3 is 5.97 Å². The van der Waals surface area contributed by atoms with E-state index in [4.69, 9.17) is 20.9 Å². The van der Waals surface area contributed by atoms with Crippen LogP contribution in [-0.4, -0.2) is 11.1 Å². The van der Waals surface area contributed by atoms with Crippen LogP contribution in [0.4, 0.5) is 0 Å². The van der Waals surface area contributed by atoms with Crippen LogP contribution in [0.2, 0.25) is 5.02 Å². The highest BCUT2D eigenvalue weighted by molar-refractivity contribution is 6.30. The maximum Gasteiger partial charge on any atom is 0.315 e. The van der Waals surface area contributed by atoms with E-state index >= 15 is 0 Å². The summed E-state index contributed by atoms with van der Waals surface area (Å²) < 4.78 is 10.7. The van der Waals surface area contributed by atoms with Gasteiger partial charge in [-0.2, -0.15) is 0 Å². The molecule has 0 saturated carbocycles. The molecule has 0 atom stereocenters. The van der Waals surface area contributed by atoms with Gasteiger partial charge in [-0.15, -0.1) is 0 Å². The van der Waals surface area contributed by atoms with Crippen molar-refractivity contribution >= 4 is 17.6 Å². The monoisotopic (exact) mass is 355 g/mol. The first-order valence-corrected chi connectivity index (χ1v) is 8.35. The summed E-state index contributed by atoms with van der Waals surface area (Å²) in [5, 5.41) is 4.47. The van der Waals surface area contributed by atoms with E-state index in [0.717, 1.165) is 16.7 Å². The molecule has 0 bridgehead atoms. The van der Waals surface area contributed by atoms with Crippen LogP contribution in [0.25, 0.3) is 0 Å². The van der Waals surface area contributed by atoms with Gasteiger partial charge in [0.05, 0.1) is 12.1 Å². The highest BCUT2D eigenvalue weighted by Crippen LogP contribution is 2.26. The SMILES string of the molecule is Cc1noc(C)c1CC(=O)Oc1ccc(Cl)cc1Cc1ccccc1. The molecule has 0 saturated heterocycles. The molecule has 0 spiro atoms. The fourth-order valence-electron chi connectivity index (χ4n) is 2.66. The molecule has 0 amide bonds. The topological polar surface area (TPSA) is 52.3 Å². The Kier molecular flexibility index (Phi) is 5.19. The van der Waals surface area contributed by atoms with E-state index < -0.39 is 0 Å². The normalized spacial score (nSPS) is 10.7. The Morgan fingerprint density at radius 2 is 1.92 bits per heavy atom. The summed E-state index contributed by atoms with van der Waals surface area (Å²) in [5.74, 6) is 0.797. The van der Waals surface area contributed by atoms with Crippen LogP contribution in [0.3, 0.4) is 0 Å². The quantitative estimate of drug-likeness (QED) is 0.492. The molecule has 0 radical (unpaired) electrons. The number of hydrogen-bond acceptors (Lipinski definition) is 4. The standard InChI is InChI=1S/C20H18ClNO3/c1-13-18(14(2)25-22-13)12-20(23)24-19-9-8-17(21)11-16(19)10-15-6-4-3-5-7-15/h3-9,11H,10,12H2,1-2H3. The second-order valence-electron chi connectivity index (χ2n) is 5.87. The second kappa shape index (κ2) is 7.53. The molecule has 0 aliphatic heterocycles. The minimum Gasteiger partial charge on any atom is -0.426 e. The molecule has 3 rings (SSSR count). The largest absolute Gasteiger partial charge is 0.426 e. The van der Waals surface area contributed by atoms with Crippen LogP contribution >= 0.6 is 11.6 Å². The van der Waals surface area contributed by atoms with Crippen molar-refractivity contribution in [2.75, 3.05) is 0 Å². The molecule has 0 aliphatic rings. The van der Waals surface area contributed by atoms with Gasteiger partial charge in [-0.05, 0) is 37.6 Å². The molecule has 1 aromatic heterocycles. The lowest BCUT2D eigenvalue weighted by atomic mass is 10.0. The fourth-order valence-corrected chi connectivity index (χ4v) is 2.85. The highest BCUT2D eigenvalue weighted by Gasteiger charge is 2.16. The maximum absolute atomic E-state index is 12.3. The maximum atomic E-state index is 12.3. The number of aryl methyl sites for hydroxylation is 2. The average Bonchev–Trinajstić information content (AvgIpc) is 2.90. The molecule has 4 nitrogen and oxygen atoms in total. The van der Waals surface area contributed by atoms with Gasteiger partial charge in [0.2, 0.25) is 0 Å². The predicted molar refractivity (Wildman–Crippen MR) is 96.0 cm³/mol. The van der Waals surface area contributed by atoms with Crippen molar-refractivity contribution in [2.24, 2.45) is 0 Å². The molecule has 25 heavy (non-hydrogen) atoms. The van der Waals surface area contributed by atoms with E-state index in [1.165, 1.54) is 0 Å². The Balaban J connectivity index is 1.79. The average molecular weight is 356 g/mol. The minimum atomic E-state index is -0.356. The lowest BCUT2D eigenvalue weighted by Crippen LogP contribution is -2.13. The summed E-state index contributed by atoms with van der Waals surface area (Å²) in [5.41, 5.74) is 3.46. The van der Waals surface area contributed by atoms with Crippen LogP contribution < -0.4 is 4.74 Å². The zero-order chi connectivity index (χ0) is 17.8. The van der Waals surface area contributed by atoms with Crippen LogP contribution in [0.1, 0.15) is 28.1 Å². The van der Waals surface area contributed by atoms with Gasteiger partial charge in [0.15, 0.2) is 0 Å². The summed E-state index contributed by atoms with van der Waals surface area (Å²) in [6, 6.07) is 15.2. The van der Waals surface area contributed by atoms with Gasteiger partial charge in [0, 0.05) is 22.6 Å². The number of aromatic nitrogens is 1. The van der Waals surface area contributed by atoms with Crippen molar-refractivity contribution in [3.63, 3.8) is 0 Å². The molecular weight excluding hydrogens is 338 g/mol. The van der Waals surface area contributed by atoms with Gasteiger partial charge in [-0.25, -0.2) is 0 Å². The van der Waals surface area contributed by atoms with E-state index in [0.29, 0.717) is 28.6 Å². The van der Waals surface area contributed by atoms with Crippen LogP contribution in [-0.2, 0) is 17.6 Å². The van der Waals surface area contributed by atoms with E-state index in [2.05, 4.69) is 5.16 Å². The van der Waals surface area contributed by atoms with Gasteiger partial charge in [-0.3, -0.25) is 4.79 Å². The number of carbonyl (C=O) groups is 1. The van der Waals surface area contributed by atoms with E-state index in [-0.39, 0.29) is 12.4 Å². The van der Waals surface area contributed by atoms with Crippen molar-refractivity contribution in [3.8, 4) is 5.75 Å². The van der Waals surface area contributed by atoms with Gasteiger partial charge in [0.1, 0.15) is 11.5 Å². The smallest absolute Gasteiger partial charge is 0.315 e. The first kappa shape index (κ1) is 17.2. The molecule has 5 heteroatoms. The predicted octanol–water partition coefficient (Wildman–Crippen LogP) is 4.68. The number of benzene rings is 2. The lowest BCUT2D eigenvalue weighted by Gasteiger charge is -2.11. The van der Waals surface area contributed by atoms with E-state index in [9.17, 15) is 4.79 Å². The Morgan fingerprint density at radius 3 is 2.60 bits per heavy atom. The van der Waals surface area contributed by atoms with E-state index in [1.54, 1.807) is 19.1 Å². The molecule has 0 aliphatic carbocycles. The molecular formula is C20H18ClNO3. The van der Waals surface area contributed by atoms with Gasteiger partial charge < -0.3 is 9.26 Å². The van der Waals surface area contributed by atoms with Crippen LogP contribution in [0, 0.1) is 13.8 Å². The first-order chi connectivity index (χ1) is 12.0. The zero-order valence-electron chi connectivity index (χ0n) is 14.1. The molecule has 0 unspecified atom stereocenters. The Labute approximate surface area is 151 Å². The van der Waals surface area contributed by atoms with Crippen molar-refractivity contribution in [3.05, 3.63) is 81.7 Å². The molecule has 128 valence electrons. The summed E-state index contributed by atoms with van der Waals surface area (Å²) in [6.07, 6.45) is 0.754. The minimum absolute atomic E-state index is 0.120. The Hall–Kier alpha value is -2.59. The number of ether oxygens (including phenoxy) is 1. The Bertz CT molecular complexity index is 868. The number of esters is 1. The van der Waals surface area contributed by atoms with E-state index in [1.807, 2.05) is 43.3 Å². The van der Waals surface area contributed by atoms with Crippen molar-refractivity contribution < 1.29 is 14.1 Å². The molecule has 3 aromatic rings. The third-order valence-corrected chi connectivity index (χ3v) is 4.22. The summed E-state index contributed by atoms with van der Waals surface area (Å²) in [4.78, 5) is 12.3. The molecule has 2 aromatic carbocycles. The van der Waals surface area contributed by atoms with Crippen molar-refractivity contribution in [2.45, 2.75) is 26.7 Å². The van der Waals surface area contributed by atoms with Gasteiger partial charge in [-0.1, -0.05) is 47.1 Å². The number of nitrogens with zero attached hydrogens (tertiary/aromatic N) is 1. The highest BCUT2D eigenvalue weighted by atomic mass is 35.5. The number of rotatable bonds is 5.